The molecule has 0 aliphatic carbocycles. The molecule has 0 saturated carbocycles. The zero-order valence-electron chi connectivity index (χ0n) is 14.8. The Balaban J connectivity index is 1.85. The number of halogens is 2. The molecule has 2 aromatic carbocycles. The number of nitrogens with one attached hydrogen (secondary N) is 1. The van der Waals surface area contributed by atoms with Crippen LogP contribution in [0.1, 0.15) is 36.5 Å². The minimum Gasteiger partial charge on any atom is -0.321 e. The van der Waals surface area contributed by atoms with E-state index in [9.17, 15) is 13.2 Å². The monoisotopic (exact) mass is 426 g/mol. The van der Waals surface area contributed by atoms with Gasteiger partial charge < -0.3 is 5.32 Å². The molecule has 3 rings (SSSR count). The van der Waals surface area contributed by atoms with Crippen LogP contribution < -0.4 is 5.32 Å². The summed E-state index contributed by atoms with van der Waals surface area (Å²) in [5, 5.41) is 3.45. The Morgan fingerprint density at radius 2 is 1.93 bits per heavy atom. The lowest BCUT2D eigenvalue weighted by molar-refractivity contribution is 0.102. The summed E-state index contributed by atoms with van der Waals surface area (Å²) in [5.41, 5.74) is 0.649. The number of nitrogens with zero attached hydrogens (tertiary/aromatic N) is 1. The molecule has 1 saturated heterocycles. The molecular weight excluding hydrogens is 407 g/mol. The van der Waals surface area contributed by atoms with E-state index in [1.165, 1.54) is 22.5 Å². The molecule has 1 amide bonds. The van der Waals surface area contributed by atoms with Gasteiger partial charge in [-0.15, -0.1) is 0 Å². The van der Waals surface area contributed by atoms with Crippen LogP contribution in [-0.2, 0) is 10.0 Å². The van der Waals surface area contributed by atoms with Gasteiger partial charge in [0, 0.05) is 23.2 Å². The van der Waals surface area contributed by atoms with E-state index in [-0.39, 0.29) is 16.5 Å². The van der Waals surface area contributed by atoms with Crippen molar-refractivity contribution in [1.82, 2.24) is 4.31 Å². The van der Waals surface area contributed by atoms with Gasteiger partial charge in [0.25, 0.3) is 5.91 Å². The van der Waals surface area contributed by atoms with Crippen molar-refractivity contribution in [3.05, 3.63) is 58.1 Å². The van der Waals surface area contributed by atoms with Crippen LogP contribution in [0.25, 0.3) is 0 Å². The Hall–Kier alpha value is -1.60. The molecule has 27 heavy (non-hydrogen) atoms. The molecule has 1 aliphatic heterocycles. The van der Waals surface area contributed by atoms with Gasteiger partial charge in [0.05, 0.1) is 15.6 Å². The lowest BCUT2D eigenvalue weighted by Crippen LogP contribution is -2.41. The highest BCUT2D eigenvalue weighted by atomic mass is 35.5. The molecule has 1 atom stereocenters. The predicted octanol–water partition coefficient (Wildman–Crippen LogP) is 4.81. The summed E-state index contributed by atoms with van der Waals surface area (Å²) in [6.07, 6.45) is 2.71. The molecule has 5 nitrogen and oxygen atoms in total. The lowest BCUT2D eigenvalue weighted by Gasteiger charge is -2.32. The number of anilines is 1. The summed E-state index contributed by atoms with van der Waals surface area (Å²) in [6, 6.07) is 10.7. The smallest absolute Gasteiger partial charge is 0.255 e. The molecule has 1 fully saturated rings. The Bertz CT molecular complexity index is 963. The first-order chi connectivity index (χ1) is 12.8. The molecule has 1 heterocycles. The summed E-state index contributed by atoms with van der Waals surface area (Å²) in [4.78, 5) is 12.7. The van der Waals surface area contributed by atoms with E-state index in [2.05, 4.69) is 5.32 Å². The fraction of sp³-hybridized carbons (Fsp3) is 0.316. The third-order valence-corrected chi connectivity index (χ3v) is 7.18. The van der Waals surface area contributed by atoms with Gasteiger partial charge in [-0.1, -0.05) is 35.7 Å². The average Bonchev–Trinajstić information content (AvgIpc) is 2.64. The standard InChI is InChI=1S/C19H20Cl2N2O3S/c1-13-5-2-3-10-23(13)27(25,26)16-7-4-6-14(11-16)19(24)22-18-9-8-15(20)12-17(18)21/h4,6-9,11-13H,2-3,5,10H2,1H3,(H,22,24). The van der Waals surface area contributed by atoms with E-state index in [4.69, 9.17) is 23.2 Å². The highest BCUT2D eigenvalue weighted by Crippen LogP contribution is 2.27. The summed E-state index contributed by atoms with van der Waals surface area (Å²) in [6.45, 7) is 2.41. The second-order valence-corrected chi connectivity index (χ2v) is 9.30. The van der Waals surface area contributed by atoms with E-state index < -0.39 is 15.9 Å². The molecule has 0 radical (unpaired) electrons. The van der Waals surface area contributed by atoms with Crippen LogP contribution in [0.15, 0.2) is 47.4 Å². The molecular formula is C19H20Cl2N2O3S. The van der Waals surface area contributed by atoms with Gasteiger partial charge in [-0.3, -0.25) is 4.79 Å². The second kappa shape index (κ2) is 8.19. The molecule has 8 heteroatoms. The number of hydrogen-bond donors (Lipinski definition) is 1. The van der Waals surface area contributed by atoms with Gasteiger partial charge in [-0.25, -0.2) is 8.42 Å². The van der Waals surface area contributed by atoms with Crippen molar-refractivity contribution >= 4 is 44.8 Å². The fourth-order valence-corrected chi connectivity index (χ4v) is 5.35. The molecule has 0 bridgehead atoms. The SMILES string of the molecule is CC1CCCCN1S(=O)(=O)c1cccc(C(=O)Nc2ccc(Cl)cc2Cl)c1. The first-order valence-corrected chi connectivity index (χ1v) is 10.9. The van der Waals surface area contributed by atoms with Gasteiger partial charge in [0.2, 0.25) is 10.0 Å². The van der Waals surface area contributed by atoms with Crippen molar-refractivity contribution < 1.29 is 13.2 Å². The maximum Gasteiger partial charge on any atom is 0.255 e. The predicted molar refractivity (Wildman–Crippen MR) is 108 cm³/mol. The second-order valence-electron chi connectivity index (χ2n) is 6.57. The fourth-order valence-electron chi connectivity index (χ4n) is 3.15. The van der Waals surface area contributed by atoms with Crippen molar-refractivity contribution in [1.29, 1.82) is 0 Å². The molecule has 1 aliphatic rings. The molecule has 0 aromatic heterocycles. The van der Waals surface area contributed by atoms with E-state index in [0.29, 0.717) is 22.3 Å². The third kappa shape index (κ3) is 4.46. The topological polar surface area (TPSA) is 66.5 Å². The summed E-state index contributed by atoms with van der Waals surface area (Å²) in [5.74, 6) is -0.442. The lowest BCUT2D eigenvalue weighted by atomic mass is 10.1. The van der Waals surface area contributed by atoms with Gasteiger partial charge in [0.1, 0.15) is 0 Å². The van der Waals surface area contributed by atoms with E-state index >= 15 is 0 Å². The van der Waals surface area contributed by atoms with Crippen LogP contribution in [0, 0.1) is 0 Å². The van der Waals surface area contributed by atoms with Crippen LogP contribution in [0.5, 0.6) is 0 Å². The number of benzene rings is 2. The van der Waals surface area contributed by atoms with Crippen molar-refractivity contribution in [3.8, 4) is 0 Å². The quantitative estimate of drug-likeness (QED) is 0.762. The zero-order valence-corrected chi connectivity index (χ0v) is 17.1. The number of carbonyl (C=O) groups excluding carboxylic acids is 1. The van der Waals surface area contributed by atoms with Crippen molar-refractivity contribution in [2.24, 2.45) is 0 Å². The Labute approximate surface area is 169 Å². The average molecular weight is 427 g/mol. The van der Waals surface area contributed by atoms with Crippen LogP contribution in [-0.4, -0.2) is 31.2 Å². The Morgan fingerprint density at radius 1 is 1.15 bits per heavy atom. The Morgan fingerprint density at radius 3 is 2.63 bits per heavy atom. The first-order valence-electron chi connectivity index (χ1n) is 8.67. The number of sulfonamides is 1. The minimum atomic E-state index is -3.64. The largest absolute Gasteiger partial charge is 0.321 e. The number of rotatable bonds is 4. The van der Waals surface area contributed by atoms with E-state index in [1.807, 2.05) is 6.92 Å². The summed E-state index contributed by atoms with van der Waals surface area (Å²) >= 11 is 11.9. The van der Waals surface area contributed by atoms with Crippen molar-refractivity contribution in [2.75, 3.05) is 11.9 Å². The maximum atomic E-state index is 13.0. The van der Waals surface area contributed by atoms with E-state index in [1.54, 1.807) is 24.3 Å². The molecule has 1 N–H and O–H groups in total. The van der Waals surface area contributed by atoms with Gasteiger partial charge in [-0.05, 0) is 56.2 Å². The zero-order chi connectivity index (χ0) is 19.6. The number of carbonyl (C=O) groups is 1. The number of hydrogen-bond acceptors (Lipinski definition) is 3. The number of piperidine rings is 1. The molecule has 0 spiro atoms. The molecule has 1 unspecified atom stereocenters. The van der Waals surface area contributed by atoms with Crippen LogP contribution in [0.2, 0.25) is 10.0 Å². The maximum absolute atomic E-state index is 13.0. The van der Waals surface area contributed by atoms with Crippen molar-refractivity contribution in [2.45, 2.75) is 37.1 Å². The first kappa shape index (κ1) is 20.1. The van der Waals surface area contributed by atoms with Gasteiger partial charge >= 0.3 is 0 Å². The normalized spacial score (nSPS) is 18.3. The van der Waals surface area contributed by atoms with Crippen LogP contribution >= 0.6 is 23.2 Å². The minimum absolute atomic E-state index is 0.0471. The summed E-state index contributed by atoms with van der Waals surface area (Å²) in [7, 11) is -3.64. The van der Waals surface area contributed by atoms with Crippen LogP contribution in [0.3, 0.4) is 0 Å². The Kier molecular flexibility index (Phi) is 6.11. The molecule has 2 aromatic rings. The van der Waals surface area contributed by atoms with Gasteiger partial charge in [-0.2, -0.15) is 4.31 Å². The third-order valence-electron chi connectivity index (χ3n) is 4.62. The number of amides is 1. The summed E-state index contributed by atoms with van der Waals surface area (Å²) < 4.78 is 27.5. The highest BCUT2D eigenvalue weighted by molar-refractivity contribution is 7.89. The van der Waals surface area contributed by atoms with E-state index in [0.717, 1.165) is 19.3 Å². The van der Waals surface area contributed by atoms with Crippen molar-refractivity contribution in [3.63, 3.8) is 0 Å². The highest BCUT2D eigenvalue weighted by Gasteiger charge is 2.31. The van der Waals surface area contributed by atoms with Gasteiger partial charge in [0.15, 0.2) is 0 Å². The molecule has 144 valence electrons. The van der Waals surface area contributed by atoms with Crippen LogP contribution in [0.4, 0.5) is 5.69 Å².